The number of pyridine rings is 1. The maximum absolute atomic E-state index is 12.9. The molecule has 0 unspecified atom stereocenters. The number of hydrazone groups is 1. The molecule has 1 amide bonds. The zero-order chi connectivity index (χ0) is 19.3. The van der Waals surface area contributed by atoms with Gasteiger partial charge in [-0.15, -0.1) is 0 Å². The fourth-order valence-electron chi connectivity index (χ4n) is 2.92. The van der Waals surface area contributed by atoms with Crippen LogP contribution in [0.25, 0.3) is 22.2 Å². The van der Waals surface area contributed by atoms with Crippen LogP contribution in [0.15, 0.2) is 94.5 Å². The summed E-state index contributed by atoms with van der Waals surface area (Å²) >= 11 is 3.46. The van der Waals surface area contributed by atoms with Gasteiger partial charge < -0.3 is 0 Å². The van der Waals surface area contributed by atoms with Gasteiger partial charge in [-0.1, -0.05) is 82.7 Å². The van der Waals surface area contributed by atoms with Crippen LogP contribution in [0.3, 0.4) is 0 Å². The van der Waals surface area contributed by atoms with Gasteiger partial charge in [0.15, 0.2) is 0 Å². The van der Waals surface area contributed by atoms with Crippen molar-refractivity contribution in [2.24, 2.45) is 5.10 Å². The number of carbonyl (C=O) groups excluding carboxylic acids is 1. The summed E-state index contributed by atoms with van der Waals surface area (Å²) in [5.74, 6) is -0.279. The lowest BCUT2D eigenvalue weighted by Gasteiger charge is -2.09. The highest BCUT2D eigenvalue weighted by atomic mass is 79.9. The molecule has 1 N–H and O–H groups in total. The van der Waals surface area contributed by atoms with E-state index in [4.69, 9.17) is 4.98 Å². The third kappa shape index (κ3) is 3.85. The Hall–Kier alpha value is -3.31. The van der Waals surface area contributed by atoms with Gasteiger partial charge in [-0.05, 0) is 18.2 Å². The Bertz CT molecular complexity index is 1170. The van der Waals surface area contributed by atoms with Gasteiger partial charge in [-0.3, -0.25) is 4.79 Å². The minimum atomic E-state index is -0.279. The van der Waals surface area contributed by atoms with Crippen LogP contribution in [-0.2, 0) is 0 Å². The normalized spacial score (nSPS) is 11.0. The topological polar surface area (TPSA) is 54.4 Å². The smallest absolute Gasteiger partial charge is 0.267 e. The molecule has 0 fully saturated rings. The molecule has 1 aromatic heterocycles. The lowest BCUT2D eigenvalue weighted by Crippen LogP contribution is -2.18. The molecule has 136 valence electrons. The summed E-state index contributed by atoms with van der Waals surface area (Å²) in [5.41, 5.74) is 6.52. The van der Waals surface area contributed by atoms with Crippen molar-refractivity contribution >= 4 is 39.0 Å². The number of fused-ring (bicyclic) bond motifs is 1. The number of aromatic nitrogens is 1. The van der Waals surface area contributed by atoms with Crippen molar-refractivity contribution in [3.8, 4) is 11.3 Å². The summed E-state index contributed by atoms with van der Waals surface area (Å²) in [6, 6.07) is 26.9. The number of halogens is 1. The molecule has 3 aromatic carbocycles. The van der Waals surface area contributed by atoms with Crippen molar-refractivity contribution in [2.45, 2.75) is 0 Å². The molecule has 4 nitrogen and oxygen atoms in total. The Morgan fingerprint density at radius 2 is 1.64 bits per heavy atom. The number of rotatable bonds is 4. The molecule has 4 aromatic rings. The van der Waals surface area contributed by atoms with Crippen molar-refractivity contribution in [3.05, 3.63) is 101 Å². The molecule has 5 heteroatoms. The molecule has 28 heavy (non-hydrogen) atoms. The van der Waals surface area contributed by atoms with Crippen LogP contribution < -0.4 is 5.43 Å². The van der Waals surface area contributed by atoms with E-state index >= 15 is 0 Å². The second-order valence-electron chi connectivity index (χ2n) is 6.16. The number of hydrogen-bond acceptors (Lipinski definition) is 3. The minimum Gasteiger partial charge on any atom is -0.267 e. The number of nitrogens with one attached hydrogen (secondary N) is 1. The van der Waals surface area contributed by atoms with Gasteiger partial charge in [0.2, 0.25) is 0 Å². The quantitative estimate of drug-likeness (QED) is 0.347. The maximum atomic E-state index is 12.9. The highest BCUT2D eigenvalue weighted by molar-refractivity contribution is 9.10. The highest BCUT2D eigenvalue weighted by Crippen LogP contribution is 2.24. The first-order chi connectivity index (χ1) is 13.7. The molecule has 0 aliphatic carbocycles. The van der Waals surface area contributed by atoms with Gasteiger partial charge in [-0.25, -0.2) is 10.4 Å². The molecule has 0 bridgehead atoms. The molecule has 0 spiro atoms. The van der Waals surface area contributed by atoms with Crippen LogP contribution in [0.1, 0.15) is 15.9 Å². The average Bonchev–Trinajstić information content (AvgIpc) is 2.75. The number of hydrogen-bond donors (Lipinski definition) is 1. The van der Waals surface area contributed by atoms with E-state index in [9.17, 15) is 4.79 Å². The van der Waals surface area contributed by atoms with Gasteiger partial charge >= 0.3 is 0 Å². The van der Waals surface area contributed by atoms with Crippen molar-refractivity contribution in [1.82, 2.24) is 10.4 Å². The second kappa shape index (κ2) is 8.15. The first kappa shape index (κ1) is 18.1. The Labute approximate surface area is 171 Å². The number of benzene rings is 3. The largest absolute Gasteiger partial charge is 0.272 e. The molecule has 0 radical (unpaired) electrons. The monoisotopic (exact) mass is 429 g/mol. The first-order valence-corrected chi connectivity index (χ1v) is 9.55. The maximum Gasteiger partial charge on any atom is 0.272 e. The summed E-state index contributed by atoms with van der Waals surface area (Å²) in [6.45, 7) is 0. The van der Waals surface area contributed by atoms with Gasteiger partial charge in [0.25, 0.3) is 5.91 Å². The van der Waals surface area contributed by atoms with E-state index in [1.54, 1.807) is 12.3 Å². The molecule has 0 aliphatic heterocycles. The summed E-state index contributed by atoms with van der Waals surface area (Å²) in [4.78, 5) is 17.6. The standard InChI is InChI=1S/C23H16BrN3O/c24-20-12-6-4-10-17(20)15-25-27-23(28)19-14-22(16-8-2-1-3-9-16)26-21-13-7-5-11-18(19)21/h1-15H,(H,27,28)/b25-15+. The predicted octanol–water partition coefficient (Wildman–Crippen LogP) is 5.43. The summed E-state index contributed by atoms with van der Waals surface area (Å²) in [7, 11) is 0. The summed E-state index contributed by atoms with van der Waals surface area (Å²) < 4.78 is 0.911. The van der Waals surface area contributed by atoms with Crippen LogP contribution in [-0.4, -0.2) is 17.1 Å². The Morgan fingerprint density at radius 3 is 2.46 bits per heavy atom. The van der Waals surface area contributed by atoms with E-state index in [1.165, 1.54) is 0 Å². The fraction of sp³-hybridized carbons (Fsp3) is 0. The average molecular weight is 430 g/mol. The SMILES string of the molecule is O=C(N/N=C/c1ccccc1Br)c1cc(-c2ccccc2)nc2ccccc12. The van der Waals surface area contributed by atoms with Gasteiger partial charge in [-0.2, -0.15) is 5.10 Å². The van der Waals surface area contributed by atoms with Crippen LogP contribution in [0.4, 0.5) is 0 Å². The predicted molar refractivity (Wildman–Crippen MR) is 116 cm³/mol. The third-order valence-electron chi connectivity index (χ3n) is 4.31. The van der Waals surface area contributed by atoms with E-state index in [1.807, 2.05) is 78.9 Å². The lowest BCUT2D eigenvalue weighted by atomic mass is 10.0. The third-order valence-corrected chi connectivity index (χ3v) is 5.03. The number of amides is 1. The van der Waals surface area contributed by atoms with Crippen molar-refractivity contribution in [3.63, 3.8) is 0 Å². The molecular weight excluding hydrogens is 414 g/mol. The molecule has 0 saturated carbocycles. The second-order valence-corrected chi connectivity index (χ2v) is 7.01. The van der Waals surface area contributed by atoms with Crippen molar-refractivity contribution in [1.29, 1.82) is 0 Å². The molecule has 0 aliphatic rings. The van der Waals surface area contributed by atoms with Crippen molar-refractivity contribution < 1.29 is 4.79 Å². The van der Waals surface area contributed by atoms with E-state index in [-0.39, 0.29) is 5.91 Å². The summed E-state index contributed by atoms with van der Waals surface area (Å²) in [6.07, 6.45) is 1.61. The molecule has 1 heterocycles. The fourth-order valence-corrected chi connectivity index (χ4v) is 3.31. The zero-order valence-corrected chi connectivity index (χ0v) is 16.4. The summed E-state index contributed by atoms with van der Waals surface area (Å²) in [5, 5.41) is 4.90. The van der Waals surface area contributed by atoms with E-state index in [0.717, 1.165) is 32.2 Å². The van der Waals surface area contributed by atoms with Gasteiger partial charge in [0, 0.05) is 21.0 Å². The van der Waals surface area contributed by atoms with Crippen LogP contribution in [0, 0.1) is 0 Å². The Kier molecular flexibility index (Phi) is 5.26. The molecule has 0 saturated heterocycles. The Morgan fingerprint density at radius 1 is 0.929 bits per heavy atom. The first-order valence-electron chi connectivity index (χ1n) is 8.75. The van der Waals surface area contributed by atoms with Crippen LogP contribution in [0.5, 0.6) is 0 Å². The number of carbonyl (C=O) groups is 1. The van der Waals surface area contributed by atoms with Crippen LogP contribution in [0.2, 0.25) is 0 Å². The van der Waals surface area contributed by atoms with E-state index in [0.29, 0.717) is 5.56 Å². The molecule has 4 rings (SSSR count). The van der Waals surface area contributed by atoms with Crippen LogP contribution >= 0.6 is 15.9 Å². The van der Waals surface area contributed by atoms with Gasteiger partial charge in [0.05, 0.1) is 23.0 Å². The molecular formula is C23H16BrN3O. The highest BCUT2D eigenvalue weighted by Gasteiger charge is 2.13. The number of para-hydroxylation sites is 1. The lowest BCUT2D eigenvalue weighted by molar-refractivity contribution is 0.0956. The molecule has 0 atom stereocenters. The van der Waals surface area contributed by atoms with E-state index < -0.39 is 0 Å². The van der Waals surface area contributed by atoms with E-state index in [2.05, 4.69) is 26.5 Å². The zero-order valence-electron chi connectivity index (χ0n) is 14.8. The minimum absolute atomic E-state index is 0.279. The number of nitrogens with zero attached hydrogens (tertiary/aromatic N) is 2. The Balaban J connectivity index is 1.69. The van der Waals surface area contributed by atoms with Gasteiger partial charge in [0.1, 0.15) is 0 Å². The van der Waals surface area contributed by atoms with Crippen molar-refractivity contribution in [2.75, 3.05) is 0 Å².